The van der Waals surface area contributed by atoms with Crippen LogP contribution in [0.1, 0.15) is 37.7 Å². The van der Waals surface area contributed by atoms with Crippen molar-refractivity contribution >= 4 is 58.5 Å². The Balaban J connectivity index is 1.24. The van der Waals surface area contributed by atoms with Crippen LogP contribution in [0.15, 0.2) is 52.3 Å². The number of likely N-dealkylation sites (tertiary alicyclic amines) is 1. The number of carboxylic acids is 1. The Bertz CT molecular complexity index is 1410. The number of carbonyl (C=O) groups excluding carboxylic acids is 1. The van der Waals surface area contributed by atoms with E-state index in [1.165, 1.54) is 23.6 Å². The topological polar surface area (TPSA) is 165 Å². The molecule has 2 aliphatic heterocycles. The SMILES string of the molecule is O=C(O)C1CCCN1C(=O)CP(=O)(O)CCCCNS(=O)(=O)c1cc2c(cc1Cl)N[C@H](CCc1ccccc1)NS2. The first kappa shape index (κ1) is 31.8. The molecule has 15 heteroatoms. The minimum absolute atomic E-state index is 0.0160. The molecule has 2 aliphatic rings. The first-order valence-electron chi connectivity index (χ1n) is 13.3. The molecule has 5 N–H and O–H groups in total. The number of halogens is 1. The van der Waals surface area contributed by atoms with Crippen molar-refractivity contribution in [1.82, 2.24) is 14.3 Å². The number of aryl methyl sites for hydroxylation is 1. The number of rotatable bonds is 13. The zero-order valence-electron chi connectivity index (χ0n) is 22.3. The Morgan fingerprint density at radius 2 is 1.95 bits per heavy atom. The fourth-order valence-corrected chi connectivity index (χ4v) is 8.88. The minimum Gasteiger partial charge on any atom is -0.480 e. The number of hydrogen-bond donors (Lipinski definition) is 5. The van der Waals surface area contributed by atoms with Gasteiger partial charge < -0.3 is 20.2 Å². The zero-order chi connectivity index (χ0) is 29.6. The van der Waals surface area contributed by atoms with E-state index >= 15 is 0 Å². The van der Waals surface area contributed by atoms with Crippen molar-refractivity contribution < 1.29 is 32.6 Å². The Hall–Kier alpha value is -2.12. The summed E-state index contributed by atoms with van der Waals surface area (Å²) in [6, 6.07) is 12.3. The highest BCUT2D eigenvalue weighted by Gasteiger charge is 2.36. The number of carbonyl (C=O) groups is 2. The van der Waals surface area contributed by atoms with Gasteiger partial charge in [-0.2, -0.15) is 0 Å². The summed E-state index contributed by atoms with van der Waals surface area (Å²) >= 11 is 7.70. The summed E-state index contributed by atoms with van der Waals surface area (Å²) in [4.78, 5) is 35.7. The molecule has 1 saturated heterocycles. The molecule has 0 bridgehead atoms. The van der Waals surface area contributed by atoms with E-state index in [2.05, 4.69) is 26.9 Å². The molecule has 4 rings (SSSR count). The maximum atomic E-state index is 13.0. The average Bonchev–Trinajstić information content (AvgIpc) is 3.42. The number of anilines is 1. The molecule has 0 radical (unpaired) electrons. The Labute approximate surface area is 249 Å². The molecule has 41 heavy (non-hydrogen) atoms. The summed E-state index contributed by atoms with van der Waals surface area (Å²) < 4.78 is 44.2. The Kier molecular flexibility index (Phi) is 10.8. The maximum absolute atomic E-state index is 13.0. The lowest BCUT2D eigenvalue weighted by Gasteiger charge is -2.28. The van der Waals surface area contributed by atoms with Gasteiger partial charge in [-0.1, -0.05) is 41.9 Å². The number of sulfonamides is 1. The molecule has 2 heterocycles. The van der Waals surface area contributed by atoms with Crippen LogP contribution >= 0.6 is 30.9 Å². The third-order valence-electron chi connectivity index (χ3n) is 7.00. The van der Waals surface area contributed by atoms with Gasteiger partial charge in [-0.15, -0.1) is 0 Å². The second-order valence-corrected chi connectivity index (χ2v) is 15.6. The second kappa shape index (κ2) is 13.9. The second-order valence-electron chi connectivity index (χ2n) is 10.1. The number of carboxylic acid groups (broad SMARTS) is 1. The van der Waals surface area contributed by atoms with Crippen molar-refractivity contribution in [2.24, 2.45) is 0 Å². The van der Waals surface area contributed by atoms with Crippen molar-refractivity contribution in [2.45, 2.75) is 60.5 Å². The predicted octanol–water partition coefficient (Wildman–Crippen LogP) is 3.73. The van der Waals surface area contributed by atoms with E-state index in [0.29, 0.717) is 17.7 Å². The molecule has 2 unspecified atom stereocenters. The van der Waals surface area contributed by atoms with Gasteiger partial charge in [0.25, 0.3) is 0 Å². The van der Waals surface area contributed by atoms with E-state index in [4.69, 9.17) is 11.6 Å². The Morgan fingerprint density at radius 3 is 2.68 bits per heavy atom. The van der Waals surface area contributed by atoms with E-state index in [1.807, 2.05) is 18.2 Å². The largest absolute Gasteiger partial charge is 0.480 e. The van der Waals surface area contributed by atoms with Crippen LogP contribution in [0.4, 0.5) is 5.69 Å². The number of unbranched alkanes of at least 4 members (excludes halogenated alkanes) is 1. The fraction of sp³-hybridized carbons (Fsp3) is 0.462. The van der Waals surface area contributed by atoms with Crippen molar-refractivity contribution in [3.05, 3.63) is 53.1 Å². The van der Waals surface area contributed by atoms with Crippen molar-refractivity contribution in [3.8, 4) is 0 Å². The normalized spacial score (nSPS) is 20.2. The summed E-state index contributed by atoms with van der Waals surface area (Å²) in [7, 11) is -7.79. The molecule has 11 nitrogen and oxygen atoms in total. The molecule has 0 aliphatic carbocycles. The van der Waals surface area contributed by atoms with Crippen molar-refractivity contribution in [2.75, 3.05) is 30.7 Å². The standard InChI is InChI=1S/C26H34ClN4O7PS2/c27-19-15-20-22(40-30-24(29-20)11-10-18-7-2-1-3-8-18)16-23(19)41(37,38)28-12-4-5-14-39(35,36)17-25(32)31-13-6-9-21(31)26(33)34/h1-3,7-8,15-16,21,24,28-30H,4-6,9-14,17H2,(H,33,34)(H,35,36)/t21?,24-/m0/s1. The van der Waals surface area contributed by atoms with E-state index in [-0.39, 0.29) is 48.2 Å². The van der Waals surface area contributed by atoms with Crippen molar-refractivity contribution in [1.29, 1.82) is 0 Å². The summed E-state index contributed by atoms with van der Waals surface area (Å²) in [6.07, 6.45) is 2.21. The highest BCUT2D eigenvalue weighted by atomic mass is 35.5. The molecule has 0 spiro atoms. The Morgan fingerprint density at radius 1 is 1.20 bits per heavy atom. The summed E-state index contributed by atoms with van der Waals surface area (Å²) in [5, 5.41) is 12.7. The van der Waals surface area contributed by atoms with Crippen LogP contribution in [0.25, 0.3) is 0 Å². The number of nitrogens with one attached hydrogen (secondary N) is 3. The van der Waals surface area contributed by atoms with Crippen LogP contribution in [0.5, 0.6) is 0 Å². The highest BCUT2D eigenvalue weighted by Crippen LogP contribution is 2.42. The lowest BCUT2D eigenvalue weighted by Crippen LogP contribution is -2.41. The van der Waals surface area contributed by atoms with Gasteiger partial charge in [0.05, 0.1) is 16.9 Å². The van der Waals surface area contributed by atoms with E-state index in [9.17, 15) is 32.6 Å². The first-order valence-corrected chi connectivity index (χ1v) is 18.0. The number of benzene rings is 2. The summed E-state index contributed by atoms with van der Waals surface area (Å²) in [6.45, 7) is 0.268. The van der Waals surface area contributed by atoms with Crippen LogP contribution in [0, 0.1) is 0 Å². The molecule has 2 aromatic carbocycles. The maximum Gasteiger partial charge on any atom is 0.326 e. The molecular weight excluding hydrogens is 611 g/mol. The van der Waals surface area contributed by atoms with Gasteiger partial charge in [0, 0.05) is 24.1 Å². The molecule has 224 valence electrons. The van der Waals surface area contributed by atoms with Gasteiger partial charge in [-0.25, -0.2) is 22.7 Å². The first-order chi connectivity index (χ1) is 19.4. The van der Waals surface area contributed by atoms with Gasteiger partial charge in [0.1, 0.15) is 17.1 Å². The molecule has 1 amide bonds. The number of nitrogens with zero attached hydrogens (tertiary/aromatic N) is 1. The smallest absolute Gasteiger partial charge is 0.326 e. The number of fused-ring (bicyclic) bond motifs is 1. The number of amides is 1. The molecule has 0 saturated carbocycles. The number of hydrogen-bond acceptors (Lipinski definition) is 8. The molecule has 1 fully saturated rings. The summed E-state index contributed by atoms with van der Waals surface area (Å²) in [5.41, 5.74) is 1.97. The van der Waals surface area contributed by atoms with Crippen LogP contribution < -0.4 is 14.8 Å². The third-order valence-corrected chi connectivity index (χ3v) is 11.7. The van der Waals surface area contributed by atoms with Crippen LogP contribution in [0.3, 0.4) is 0 Å². The van der Waals surface area contributed by atoms with E-state index in [1.54, 1.807) is 6.07 Å². The van der Waals surface area contributed by atoms with E-state index < -0.39 is 41.5 Å². The van der Waals surface area contributed by atoms with Gasteiger partial charge in [0.2, 0.25) is 23.3 Å². The van der Waals surface area contributed by atoms with Gasteiger partial charge in [0.15, 0.2) is 0 Å². The number of aliphatic carboxylic acids is 1. The minimum atomic E-state index is -3.94. The fourth-order valence-electron chi connectivity index (χ4n) is 4.85. The van der Waals surface area contributed by atoms with Gasteiger partial charge >= 0.3 is 5.97 Å². The monoisotopic (exact) mass is 644 g/mol. The molecule has 0 aromatic heterocycles. The van der Waals surface area contributed by atoms with Gasteiger partial charge in [-0.3, -0.25) is 9.36 Å². The van der Waals surface area contributed by atoms with Crippen molar-refractivity contribution in [3.63, 3.8) is 0 Å². The molecule has 2 aromatic rings. The lowest BCUT2D eigenvalue weighted by molar-refractivity contribution is -0.147. The van der Waals surface area contributed by atoms with Crippen LogP contribution in [0.2, 0.25) is 5.02 Å². The van der Waals surface area contributed by atoms with Crippen LogP contribution in [-0.2, 0) is 30.6 Å². The lowest BCUT2D eigenvalue weighted by atomic mass is 10.1. The summed E-state index contributed by atoms with van der Waals surface area (Å²) in [5.74, 6) is -1.77. The van der Waals surface area contributed by atoms with Crippen LogP contribution in [-0.4, -0.2) is 72.8 Å². The average molecular weight is 645 g/mol. The highest BCUT2D eigenvalue weighted by molar-refractivity contribution is 7.97. The van der Waals surface area contributed by atoms with Gasteiger partial charge in [-0.05, 0) is 68.2 Å². The third kappa shape index (κ3) is 8.70. The quantitative estimate of drug-likeness (QED) is 0.123. The zero-order valence-corrected chi connectivity index (χ0v) is 25.6. The predicted molar refractivity (Wildman–Crippen MR) is 159 cm³/mol. The van der Waals surface area contributed by atoms with E-state index in [0.717, 1.165) is 23.4 Å². The molecular formula is C26H34ClN4O7PS2. The molecule has 3 atom stereocenters.